The van der Waals surface area contributed by atoms with E-state index in [1.54, 1.807) is 25.1 Å². The second-order valence-corrected chi connectivity index (χ2v) is 8.19. The molecule has 3 heterocycles. The maximum absolute atomic E-state index is 12.9. The van der Waals surface area contributed by atoms with E-state index in [0.29, 0.717) is 42.4 Å². The SMILES string of the molecule is CC(Nc1nnc(N2CCOCC2)n1Cc1ccccc1)C(=O)Nc1ccc2[nH]c(=O)[nH]c2c1. The standard InChI is InChI=1S/C23H26N8O3/c1-15(20(32)25-17-7-8-18-19(13-17)27-22(33)26-18)24-21-28-29-23(30-9-11-34-12-10-30)31(21)14-16-5-3-2-4-6-16/h2-8,13,15H,9-12,14H2,1H3,(H,24,28)(H,25,32)(H2,26,27,33). The number of anilines is 3. The van der Waals surface area contributed by atoms with Crippen molar-refractivity contribution < 1.29 is 9.53 Å². The number of aromatic amines is 2. The van der Waals surface area contributed by atoms with Gasteiger partial charge in [-0.2, -0.15) is 0 Å². The van der Waals surface area contributed by atoms with Crippen molar-refractivity contribution in [2.24, 2.45) is 0 Å². The number of carbonyl (C=O) groups is 1. The minimum absolute atomic E-state index is 0.237. The summed E-state index contributed by atoms with van der Waals surface area (Å²) >= 11 is 0. The fraction of sp³-hybridized carbons (Fsp3) is 0.304. The highest BCUT2D eigenvalue weighted by Gasteiger charge is 2.23. The molecule has 2 aromatic carbocycles. The van der Waals surface area contributed by atoms with Gasteiger partial charge in [-0.25, -0.2) is 4.79 Å². The van der Waals surface area contributed by atoms with Crippen molar-refractivity contribution >= 4 is 34.5 Å². The molecule has 0 saturated carbocycles. The van der Waals surface area contributed by atoms with E-state index < -0.39 is 6.04 Å². The van der Waals surface area contributed by atoms with Crippen LogP contribution < -0.4 is 21.2 Å². The number of nitrogens with zero attached hydrogens (tertiary/aromatic N) is 4. The first-order valence-corrected chi connectivity index (χ1v) is 11.2. The fourth-order valence-corrected chi connectivity index (χ4v) is 3.93. The number of hydrogen-bond acceptors (Lipinski definition) is 7. The minimum Gasteiger partial charge on any atom is -0.378 e. The number of imidazole rings is 1. The van der Waals surface area contributed by atoms with E-state index in [1.165, 1.54) is 0 Å². The van der Waals surface area contributed by atoms with Crippen LogP contribution in [0.2, 0.25) is 0 Å². The van der Waals surface area contributed by atoms with Crippen molar-refractivity contribution in [3.63, 3.8) is 0 Å². The summed E-state index contributed by atoms with van der Waals surface area (Å²) in [7, 11) is 0. The first-order valence-electron chi connectivity index (χ1n) is 11.2. The molecule has 34 heavy (non-hydrogen) atoms. The van der Waals surface area contributed by atoms with Gasteiger partial charge in [-0.15, -0.1) is 10.2 Å². The zero-order valence-electron chi connectivity index (χ0n) is 18.7. The highest BCUT2D eigenvalue weighted by molar-refractivity contribution is 5.97. The van der Waals surface area contributed by atoms with Crippen LogP contribution in [0, 0.1) is 0 Å². The van der Waals surface area contributed by atoms with E-state index in [9.17, 15) is 9.59 Å². The Morgan fingerprint density at radius 3 is 2.65 bits per heavy atom. The van der Waals surface area contributed by atoms with Gasteiger partial charge in [0.05, 0.1) is 30.8 Å². The summed E-state index contributed by atoms with van der Waals surface area (Å²) < 4.78 is 7.46. The Hall–Kier alpha value is -4.12. The van der Waals surface area contributed by atoms with Crippen LogP contribution in [0.5, 0.6) is 0 Å². The molecular weight excluding hydrogens is 436 g/mol. The number of aromatic nitrogens is 5. The smallest absolute Gasteiger partial charge is 0.323 e. The number of morpholine rings is 1. The number of ether oxygens (including phenoxy) is 1. The Morgan fingerprint density at radius 1 is 1.09 bits per heavy atom. The maximum atomic E-state index is 12.9. The number of benzene rings is 2. The van der Waals surface area contributed by atoms with Gasteiger partial charge in [0.15, 0.2) is 0 Å². The molecule has 1 aliphatic rings. The number of nitrogens with one attached hydrogen (secondary N) is 4. The van der Waals surface area contributed by atoms with Crippen LogP contribution in [-0.2, 0) is 16.1 Å². The van der Waals surface area contributed by atoms with E-state index in [2.05, 4.69) is 35.7 Å². The highest BCUT2D eigenvalue weighted by atomic mass is 16.5. The van der Waals surface area contributed by atoms with Gasteiger partial charge in [0, 0.05) is 18.8 Å². The lowest BCUT2D eigenvalue weighted by Gasteiger charge is -2.28. The molecule has 11 nitrogen and oxygen atoms in total. The van der Waals surface area contributed by atoms with Crippen LogP contribution in [-0.4, -0.2) is 63.0 Å². The molecule has 0 aliphatic carbocycles. The van der Waals surface area contributed by atoms with Gasteiger partial charge in [0.1, 0.15) is 6.04 Å². The molecule has 176 valence electrons. The fourth-order valence-electron chi connectivity index (χ4n) is 3.93. The molecule has 5 rings (SSSR count). The quantitative estimate of drug-likeness (QED) is 0.329. The normalized spacial score (nSPS) is 14.8. The summed E-state index contributed by atoms with van der Waals surface area (Å²) in [5, 5.41) is 14.9. The van der Waals surface area contributed by atoms with Crippen LogP contribution in [0.15, 0.2) is 53.3 Å². The molecular formula is C23H26N8O3. The summed E-state index contributed by atoms with van der Waals surface area (Å²) in [6, 6.07) is 14.7. The molecule has 1 saturated heterocycles. The van der Waals surface area contributed by atoms with Crippen molar-refractivity contribution in [2.45, 2.75) is 19.5 Å². The number of hydrogen-bond donors (Lipinski definition) is 4. The summed E-state index contributed by atoms with van der Waals surface area (Å²) in [4.78, 5) is 31.9. The largest absolute Gasteiger partial charge is 0.378 e. The third-order valence-corrected chi connectivity index (χ3v) is 5.73. The second-order valence-electron chi connectivity index (χ2n) is 8.19. The van der Waals surface area contributed by atoms with E-state index in [4.69, 9.17) is 4.74 Å². The molecule has 0 radical (unpaired) electrons. The van der Waals surface area contributed by atoms with Crippen LogP contribution in [0.4, 0.5) is 17.6 Å². The van der Waals surface area contributed by atoms with E-state index >= 15 is 0 Å². The maximum Gasteiger partial charge on any atom is 0.323 e. The van der Waals surface area contributed by atoms with Crippen molar-refractivity contribution in [2.75, 3.05) is 41.8 Å². The predicted octanol–water partition coefficient (Wildman–Crippen LogP) is 1.77. The zero-order valence-corrected chi connectivity index (χ0v) is 18.7. The monoisotopic (exact) mass is 462 g/mol. The zero-order chi connectivity index (χ0) is 23.5. The Balaban J connectivity index is 1.34. The molecule has 4 N–H and O–H groups in total. The number of amides is 1. The Kier molecular flexibility index (Phi) is 6.00. The lowest BCUT2D eigenvalue weighted by atomic mass is 10.2. The number of fused-ring (bicyclic) bond motifs is 1. The highest BCUT2D eigenvalue weighted by Crippen LogP contribution is 2.21. The van der Waals surface area contributed by atoms with Gasteiger partial charge in [-0.1, -0.05) is 30.3 Å². The predicted molar refractivity (Wildman–Crippen MR) is 129 cm³/mol. The van der Waals surface area contributed by atoms with Crippen molar-refractivity contribution in [3.8, 4) is 0 Å². The summed E-state index contributed by atoms with van der Waals surface area (Å²) in [6.07, 6.45) is 0. The lowest BCUT2D eigenvalue weighted by Crippen LogP contribution is -2.38. The summed E-state index contributed by atoms with van der Waals surface area (Å²) in [6.45, 7) is 5.06. The molecule has 2 aromatic heterocycles. The van der Waals surface area contributed by atoms with Gasteiger partial charge in [0.2, 0.25) is 17.8 Å². The van der Waals surface area contributed by atoms with Crippen LogP contribution in [0.3, 0.4) is 0 Å². The molecule has 11 heteroatoms. The second kappa shape index (κ2) is 9.40. The molecule has 4 aromatic rings. The summed E-state index contributed by atoms with van der Waals surface area (Å²) in [5.74, 6) is 1.02. The van der Waals surface area contributed by atoms with Crippen molar-refractivity contribution in [1.29, 1.82) is 0 Å². The van der Waals surface area contributed by atoms with Crippen LogP contribution in [0.1, 0.15) is 12.5 Å². The molecule has 1 amide bonds. The van der Waals surface area contributed by atoms with Gasteiger partial charge in [-0.05, 0) is 30.7 Å². The lowest BCUT2D eigenvalue weighted by molar-refractivity contribution is -0.116. The molecule has 1 aliphatic heterocycles. The van der Waals surface area contributed by atoms with E-state index in [0.717, 1.165) is 24.6 Å². The number of carbonyl (C=O) groups excluding carboxylic acids is 1. The summed E-state index contributed by atoms with van der Waals surface area (Å²) in [5.41, 5.74) is 2.70. The molecule has 0 bridgehead atoms. The minimum atomic E-state index is -0.586. The van der Waals surface area contributed by atoms with Crippen molar-refractivity contribution in [3.05, 3.63) is 64.6 Å². The van der Waals surface area contributed by atoms with E-state index in [1.807, 2.05) is 34.9 Å². The first-order chi connectivity index (χ1) is 16.6. The van der Waals surface area contributed by atoms with Crippen LogP contribution in [0.25, 0.3) is 11.0 Å². The van der Waals surface area contributed by atoms with Gasteiger partial charge in [0.25, 0.3) is 0 Å². The first kappa shape index (κ1) is 21.7. The molecule has 1 unspecified atom stereocenters. The van der Waals surface area contributed by atoms with Gasteiger partial charge in [-0.3, -0.25) is 9.36 Å². The molecule has 1 atom stereocenters. The van der Waals surface area contributed by atoms with E-state index in [-0.39, 0.29) is 11.6 Å². The topological polar surface area (TPSA) is 133 Å². The van der Waals surface area contributed by atoms with Gasteiger partial charge < -0.3 is 30.2 Å². The third kappa shape index (κ3) is 4.64. The van der Waals surface area contributed by atoms with Crippen molar-refractivity contribution in [1.82, 2.24) is 24.7 Å². The Morgan fingerprint density at radius 2 is 1.85 bits per heavy atom. The molecule has 0 spiro atoms. The Bertz CT molecular complexity index is 1340. The average Bonchev–Trinajstić information content (AvgIpc) is 3.42. The average molecular weight is 463 g/mol. The Labute approximate surface area is 195 Å². The van der Waals surface area contributed by atoms with Gasteiger partial charge >= 0.3 is 5.69 Å². The molecule has 1 fully saturated rings. The third-order valence-electron chi connectivity index (χ3n) is 5.73. The number of rotatable bonds is 7. The number of H-pyrrole nitrogens is 2. The van der Waals surface area contributed by atoms with Crippen LogP contribution >= 0.6 is 0 Å².